The quantitative estimate of drug-likeness (QED) is 0.505. The molecule has 2 amide bonds. The van der Waals surface area contributed by atoms with Gasteiger partial charge in [0.25, 0.3) is 11.8 Å². The Morgan fingerprint density at radius 3 is 2.55 bits per heavy atom. The first-order valence-electron chi connectivity index (χ1n) is 8.49. The number of rotatable bonds is 4. The van der Waals surface area contributed by atoms with Gasteiger partial charge in [0.2, 0.25) is 0 Å². The molecular weight excluding hydrogens is 396 g/mol. The maximum atomic E-state index is 12.6. The van der Waals surface area contributed by atoms with Gasteiger partial charge in [-0.1, -0.05) is 29.8 Å². The molecule has 144 valence electrons. The van der Waals surface area contributed by atoms with Crippen molar-refractivity contribution in [3.05, 3.63) is 82.6 Å². The summed E-state index contributed by atoms with van der Waals surface area (Å²) < 4.78 is 5.68. The molecule has 1 aromatic heterocycles. The maximum absolute atomic E-state index is 12.6. The summed E-state index contributed by atoms with van der Waals surface area (Å²) in [6.45, 7) is 0. The molecule has 3 aromatic rings. The van der Waals surface area contributed by atoms with Crippen LogP contribution in [-0.4, -0.2) is 22.9 Å². The minimum Gasteiger partial charge on any atom is -0.478 e. The van der Waals surface area contributed by atoms with E-state index in [-0.39, 0.29) is 16.9 Å². The molecule has 0 spiro atoms. The number of amides is 2. The number of hydrogen-bond acceptors (Lipinski definition) is 4. The molecule has 0 atom stereocenters. The van der Waals surface area contributed by atoms with E-state index in [2.05, 4.69) is 5.43 Å². The zero-order valence-corrected chi connectivity index (χ0v) is 15.5. The number of carbonyl (C=O) groups is 3. The molecule has 0 radical (unpaired) electrons. The number of carboxylic acid groups (broad SMARTS) is 1. The van der Waals surface area contributed by atoms with Crippen molar-refractivity contribution in [2.75, 3.05) is 5.01 Å². The molecule has 4 rings (SSSR count). The molecule has 0 saturated carbocycles. The third-order valence-corrected chi connectivity index (χ3v) is 4.63. The highest BCUT2D eigenvalue weighted by atomic mass is 35.5. The molecule has 1 fully saturated rings. The van der Waals surface area contributed by atoms with Crippen molar-refractivity contribution in [3.63, 3.8) is 0 Å². The van der Waals surface area contributed by atoms with Crippen molar-refractivity contribution in [1.82, 2.24) is 5.43 Å². The summed E-state index contributed by atoms with van der Waals surface area (Å²) in [6, 6.07) is 16.1. The van der Waals surface area contributed by atoms with E-state index in [0.717, 1.165) is 5.01 Å². The summed E-state index contributed by atoms with van der Waals surface area (Å²) >= 11 is 6.16. The standard InChI is InChI=1S/C21H13ClN2O5/c22-17-8-6-12(21(27)28)10-15(17)18-9-7-14(29-18)11-16-19(25)23-24(20(16)26)13-4-2-1-3-5-13/h1-11H,(H,23,25)(H,27,28)/b16-11-. The van der Waals surface area contributed by atoms with Gasteiger partial charge in [-0.05, 0) is 48.5 Å². The van der Waals surface area contributed by atoms with Gasteiger partial charge < -0.3 is 9.52 Å². The fourth-order valence-electron chi connectivity index (χ4n) is 2.88. The Labute approximate surface area is 169 Å². The van der Waals surface area contributed by atoms with Gasteiger partial charge in [-0.2, -0.15) is 0 Å². The molecule has 8 heteroatoms. The van der Waals surface area contributed by atoms with Crippen LogP contribution >= 0.6 is 11.6 Å². The molecule has 0 unspecified atom stereocenters. The van der Waals surface area contributed by atoms with Gasteiger partial charge in [0, 0.05) is 5.56 Å². The van der Waals surface area contributed by atoms with Gasteiger partial charge >= 0.3 is 5.97 Å². The molecule has 2 N–H and O–H groups in total. The lowest BCUT2D eigenvalue weighted by atomic mass is 10.1. The normalized spacial score (nSPS) is 15.1. The average Bonchev–Trinajstić information content (AvgIpc) is 3.29. The van der Waals surface area contributed by atoms with Crippen LogP contribution in [0.4, 0.5) is 5.69 Å². The van der Waals surface area contributed by atoms with Gasteiger partial charge in [-0.3, -0.25) is 15.0 Å². The number of carbonyl (C=O) groups excluding carboxylic acids is 2. The number of carboxylic acids is 1. The Morgan fingerprint density at radius 2 is 1.83 bits per heavy atom. The first-order valence-corrected chi connectivity index (χ1v) is 8.87. The van der Waals surface area contributed by atoms with Crippen molar-refractivity contribution >= 4 is 41.1 Å². The Balaban J connectivity index is 1.65. The summed E-state index contributed by atoms with van der Waals surface area (Å²) in [6.07, 6.45) is 1.33. The number of furan rings is 1. The van der Waals surface area contributed by atoms with E-state index < -0.39 is 17.8 Å². The van der Waals surface area contributed by atoms with Gasteiger partial charge in [0.15, 0.2) is 0 Å². The molecule has 2 heterocycles. The van der Waals surface area contributed by atoms with Crippen molar-refractivity contribution in [2.24, 2.45) is 0 Å². The molecule has 1 aliphatic heterocycles. The minimum atomic E-state index is -1.09. The zero-order valence-electron chi connectivity index (χ0n) is 14.8. The smallest absolute Gasteiger partial charge is 0.335 e. The first-order chi connectivity index (χ1) is 13.9. The Kier molecular flexibility index (Phi) is 4.66. The number of hydrogen-bond donors (Lipinski definition) is 2. The summed E-state index contributed by atoms with van der Waals surface area (Å²) in [5.41, 5.74) is 3.41. The third kappa shape index (κ3) is 3.51. The van der Waals surface area contributed by atoms with E-state index in [4.69, 9.17) is 21.1 Å². The van der Waals surface area contributed by atoms with Crippen LogP contribution in [-0.2, 0) is 9.59 Å². The number of nitrogens with one attached hydrogen (secondary N) is 1. The lowest BCUT2D eigenvalue weighted by Gasteiger charge is -2.13. The molecule has 7 nitrogen and oxygen atoms in total. The van der Waals surface area contributed by atoms with Crippen molar-refractivity contribution in [1.29, 1.82) is 0 Å². The van der Waals surface area contributed by atoms with E-state index in [9.17, 15) is 14.4 Å². The Bertz CT molecular complexity index is 1170. The van der Waals surface area contributed by atoms with Crippen molar-refractivity contribution < 1.29 is 23.9 Å². The topological polar surface area (TPSA) is 99.9 Å². The molecule has 0 bridgehead atoms. The van der Waals surface area contributed by atoms with Gasteiger partial charge in [0.1, 0.15) is 17.1 Å². The van der Waals surface area contributed by atoms with Gasteiger partial charge in [0.05, 0.1) is 16.3 Å². The zero-order chi connectivity index (χ0) is 20.5. The van der Waals surface area contributed by atoms with Crippen LogP contribution in [0.1, 0.15) is 16.1 Å². The largest absolute Gasteiger partial charge is 0.478 e. The number of hydrazine groups is 1. The third-order valence-electron chi connectivity index (χ3n) is 4.30. The predicted molar refractivity (Wildman–Crippen MR) is 106 cm³/mol. The van der Waals surface area contributed by atoms with Crippen molar-refractivity contribution in [2.45, 2.75) is 0 Å². The molecule has 29 heavy (non-hydrogen) atoms. The monoisotopic (exact) mass is 408 g/mol. The lowest BCUT2D eigenvalue weighted by molar-refractivity contribution is -0.117. The molecule has 1 aliphatic rings. The highest BCUT2D eigenvalue weighted by Gasteiger charge is 2.34. The van der Waals surface area contributed by atoms with Crippen LogP contribution in [0.2, 0.25) is 5.02 Å². The number of anilines is 1. The van der Waals surface area contributed by atoms with Crippen LogP contribution in [0, 0.1) is 0 Å². The number of benzene rings is 2. The number of nitrogens with zero attached hydrogens (tertiary/aromatic N) is 1. The van der Waals surface area contributed by atoms with Crippen LogP contribution < -0.4 is 10.4 Å². The van der Waals surface area contributed by atoms with Crippen LogP contribution in [0.3, 0.4) is 0 Å². The average molecular weight is 409 g/mol. The van der Waals surface area contributed by atoms with E-state index in [1.807, 2.05) is 0 Å². The fraction of sp³-hybridized carbons (Fsp3) is 0. The summed E-state index contributed by atoms with van der Waals surface area (Å²) in [5, 5.41) is 10.6. The molecule has 1 saturated heterocycles. The number of para-hydroxylation sites is 1. The predicted octanol–water partition coefficient (Wildman–Crippen LogP) is 3.76. The highest BCUT2D eigenvalue weighted by molar-refractivity contribution is 6.33. The van der Waals surface area contributed by atoms with Gasteiger partial charge in [-0.15, -0.1) is 0 Å². The second-order valence-corrected chi connectivity index (χ2v) is 6.58. The summed E-state index contributed by atoms with van der Waals surface area (Å²) in [4.78, 5) is 36.1. The lowest BCUT2D eigenvalue weighted by Crippen LogP contribution is -2.35. The number of aromatic carboxylic acids is 1. The minimum absolute atomic E-state index is 0.0598. The van der Waals surface area contributed by atoms with E-state index in [1.165, 1.54) is 24.3 Å². The van der Waals surface area contributed by atoms with Gasteiger partial charge in [-0.25, -0.2) is 9.80 Å². The number of halogens is 1. The second kappa shape index (κ2) is 7.29. The molecular formula is C21H13ClN2O5. The van der Waals surface area contributed by atoms with Crippen LogP contribution in [0.5, 0.6) is 0 Å². The summed E-state index contributed by atoms with van der Waals surface area (Å²) in [5.74, 6) is -1.58. The van der Waals surface area contributed by atoms with E-state index in [1.54, 1.807) is 42.5 Å². The highest BCUT2D eigenvalue weighted by Crippen LogP contribution is 2.31. The van der Waals surface area contributed by atoms with Crippen molar-refractivity contribution in [3.8, 4) is 11.3 Å². The van der Waals surface area contributed by atoms with Crippen LogP contribution in [0.25, 0.3) is 17.4 Å². The fourth-order valence-corrected chi connectivity index (χ4v) is 3.09. The van der Waals surface area contributed by atoms with E-state index in [0.29, 0.717) is 22.0 Å². The second-order valence-electron chi connectivity index (χ2n) is 6.18. The Hall–Kier alpha value is -3.84. The molecule has 2 aromatic carbocycles. The van der Waals surface area contributed by atoms with E-state index >= 15 is 0 Å². The molecule has 0 aliphatic carbocycles. The SMILES string of the molecule is O=C1NN(c2ccccc2)C(=O)/C1=C\c1ccc(-c2cc(C(=O)O)ccc2Cl)o1. The van der Waals surface area contributed by atoms with Crippen LogP contribution in [0.15, 0.2) is 70.7 Å². The summed E-state index contributed by atoms with van der Waals surface area (Å²) in [7, 11) is 0. The first kappa shape index (κ1) is 18.5. The maximum Gasteiger partial charge on any atom is 0.335 e. The Morgan fingerprint density at radius 1 is 1.07 bits per heavy atom.